The molecule has 0 aliphatic carbocycles. The Balaban J connectivity index is 2.48. The molecule has 0 N–H and O–H groups in total. The first-order valence-corrected chi connectivity index (χ1v) is 6.62. The third kappa shape index (κ3) is 3.26. The maximum absolute atomic E-state index is 11.0. The number of ether oxygens (including phenoxy) is 1. The van der Waals surface area contributed by atoms with Crippen molar-refractivity contribution in [2.75, 3.05) is 0 Å². The van der Waals surface area contributed by atoms with E-state index in [4.69, 9.17) is 39.5 Å². The van der Waals surface area contributed by atoms with Crippen LogP contribution in [0.5, 0.6) is 11.5 Å². The van der Waals surface area contributed by atoms with Crippen LogP contribution >= 0.6 is 34.8 Å². The minimum Gasteiger partial charge on any atom is -0.453 e. The average molecular weight is 347 g/mol. The molecule has 0 radical (unpaired) electrons. The van der Waals surface area contributed by atoms with E-state index in [9.17, 15) is 14.9 Å². The first kappa shape index (κ1) is 15.6. The van der Waals surface area contributed by atoms with Crippen molar-refractivity contribution < 1.29 is 14.5 Å². The number of hydrogen-bond donors (Lipinski definition) is 0. The number of rotatable bonds is 4. The highest BCUT2D eigenvalue weighted by Crippen LogP contribution is 2.40. The normalized spacial score (nSPS) is 10.2. The van der Waals surface area contributed by atoms with Crippen molar-refractivity contribution in [3.63, 3.8) is 0 Å². The first-order chi connectivity index (χ1) is 9.93. The summed E-state index contributed by atoms with van der Waals surface area (Å²) in [6.07, 6.45) is 0.533. The lowest BCUT2D eigenvalue weighted by molar-refractivity contribution is -0.384. The quantitative estimate of drug-likeness (QED) is 0.435. The maximum Gasteiger partial charge on any atom is 0.272 e. The first-order valence-electron chi connectivity index (χ1n) is 5.49. The van der Waals surface area contributed by atoms with Gasteiger partial charge in [0, 0.05) is 12.1 Å². The fourth-order valence-electron chi connectivity index (χ4n) is 1.58. The molecule has 0 spiro atoms. The van der Waals surface area contributed by atoms with Crippen molar-refractivity contribution >= 4 is 46.8 Å². The van der Waals surface area contributed by atoms with Gasteiger partial charge in [-0.1, -0.05) is 40.9 Å². The summed E-state index contributed by atoms with van der Waals surface area (Å²) < 4.78 is 5.48. The van der Waals surface area contributed by atoms with E-state index in [0.29, 0.717) is 6.29 Å². The van der Waals surface area contributed by atoms with Crippen molar-refractivity contribution in [3.8, 4) is 11.5 Å². The molecule has 2 aromatic rings. The predicted octanol–water partition coefficient (Wildman–Crippen LogP) is 5.16. The second kappa shape index (κ2) is 6.30. The number of hydrogen-bond acceptors (Lipinski definition) is 4. The van der Waals surface area contributed by atoms with Crippen LogP contribution < -0.4 is 4.74 Å². The fraction of sp³-hybridized carbons (Fsp3) is 0. The summed E-state index contributed by atoms with van der Waals surface area (Å²) in [6.45, 7) is 0. The Bertz CT molecular complexity index is 710. The smallest absolute Gasteiger partial charge is 0.272 e. The predicted molar refractivity (Wildman–Crippen MR) is 80.0 cm³/mol. The summed E-state index contributed by atoms with van der Waals surface area (Å²) in [5, 5.41) is 10.8. The van der Waals surface area contributed by atoms with Crippen molar-refractivity contribution in [2.24, 2.45) is 0 Å². The lowest BCUT2D eigenvalue weighted by Crippen LogP contribution is -1.94. The number of nitrogens with zero attached hydrogens (tertiary/aromatic N) is 1. The minimum absolute atomic E-state index is 0.00861. The lowest BCUT2D eigenvalue weighted by Gasteiger charge is -2.11. The van der Waals surface area contributed by atoms with Gasteiger partial charge < -0.3 is 4.74 Å². The molecule has 8 heteroatoms. The Kier molecular flexibility index (Phi) is 4.67. The van der Waals surface area contributed by atoms with E-state index in [1.54, 1.807) is 6.07 Å². The number of halogens is 3. The van der Waals surface area contributed by atoms with Gasteiger partial charge in [0.25, 0.3) is 5.69 Å². The van der Waals surface area contributed by atoms with Crippen LogP contribution in [0.15, 0.2) is 30.3 Å². The molecule has 0 amide bonds. The van der Waals surface area contributed by atoms with Crippen LogP contribution in [0, 0.1) is 10.1 Å². The maximum atomic E-state index is 11.0. The van der Waals surface area contributed by atoms with Crippen LogP contribution in [0.2, 0.25) is 15.1 Å². The molecule has 0 heterocycles. The highest BCUT2D eigenvalue weighted by Gasteiger charge is 2.18. The molecule has 0 bridgehead atoms. The van der Waals surface area contributed by atoms with Gasteiger partial charge in [-0.15, -0.1) is 0 Å². The van der Waals surface area contributed by atoms with E-state index in [1.165, 1.54) is 12.1 Å². The Morgan fingerprint density at radius 1 is 1.10 bits per heavy atom. The zero-order valence-corrected chi connectivity index (χ0v) is 12.4. The monoisotopic (exact) mass is 345 g/mol. The molecule has 0 fully saturated rings. The molecular formula is C13H6Cl3NO4. The van der Waals surface area contributed by atoms with Crippen LogP contribution in [0.1, 0.15) is 10.4 Å². The fourth-order valence-corrected chi connectivity index (χ4v) is 2.34. The third-order valence-electron chi connectivity index (χ3n) is 2.54. The SMILES string of the molecule is O=Cc1c(Cl)cccc1Oc1c(Cl)cc([N+](=O)[O-])cc1Cl. The molecular weight excluding hydrogens is 341 g/mol. The van der Waals surface area contributed by atoms with Gasteiger partial charge in [-0.25, -0.2) is 0 Å². The van der Waals surface area contributed by atoms with E-state index in [0.717, 1.165) is 12.1 Å². The van der Waals surface area contributed by atoms with E-state index in [-0.39, 0.29) is 37.8 Å². The summed E-state index contributed by atoms with van der Waals surface area (Å²) >= 11 is 17.7. The second-order valence-corrected chi connectivity index (χ2v) is 5.09. The molecule has 21 heavy (non-hydrogen) atoms. The molecule has 108 valence electrons. The van der Waals surface area contributed by atoms with Crippen LogP contribution in [-0.4, -0.2) is 11.2 Å². The summed E-state index contributed by atoms with van der Waals surface area (Å²) in [5.74, 6) is 0.157. The third-order valence-corrected chi connectivity index (χ3v) is 3.43. The molecule has 0 aliphatic heterocycles. The number of aldehydes is 1. The highest BCUT2D eigenvalue weighted by molar-refractivity contribution is 6.37. The van der Waals surface area contributed by atoms with Gasteiger partial charge in [0.15, 0.2) is 12.0 Å². The average Bonchev–Trinajstić information content (AvgIpc) is 2.42. The van der Waals surface area contributed by atoms with E-state index in [1.807, 2.05) is 0 Å². The molecule has 0 saturated heterocycles. The summed E-state index contributed by atoms with van der Waals surface area (Å²) in [5.41, 5.74) is -0.135. The Labute approximate surface area is 134 Å². The summed E-state index contributed by atoms with van der Waals surface area (Å²) in [6, 6.07) is 6.82. The zero-order valence-electron chi connectivity index (χ0n) is 10.2. The standard InChI is InChI=1S/C13H6Cl3NO4/c14-9-2-1-3-12(8(9)6-18)21-13-10(15)4-7(17(19)20)5-11(13)16/h1-6H. The molecule has 0 saturated carbocycles. The van der Waals surface area contributed by atoms with Gasteiger partial charge in [-0.3, -0.25) is 14.9 Å². The number of carbonyl (C=O) groups is 1. The molecule has 0 unspecified atom stereocenters. The Morgan fingerprint density at radius 2 is 1.71 bits per heavy atom. The lowest BCUT2D eigenvalue weighted by atomic mass is 10.2. The van der Waals surface area contributed by atoms with Crippen molar-refractivity contribution in [1.82, 2.24) is 0 Å². The topological polar surface area (TPSA) is 69.4 Å². The minimum atomic E-state index is -0.627. The molecule has 0 aromatic heterocycles. The van der Waals surface area contributed by atoms with Crippen molar-refractivity contribution in [2.45, 2.75) is 0 Å². The molecule has 2 aromatic carbocycles. The number of non-ortho nitro benzene ring substituents is 1. The van der Waals surface area contributed by atoms with E-state index in [2.05, 4.69) is 0 Å². The molecule has 0 atom stereocenters. The summed E-state index contributed by atoms with van der Waals surface area (Å²) in [4.78, 5) is 21.1. The summed E-state index contributed by atoms with van der Waals surface area (Å²) in [7, 11) is 0. The van der Waals surface area contributed by atoms with E-state index < -0.39 is 4.92 Å². The largest absolute Gasteiger partial charge is 0.453 e. The van der Waals surface area contributed by atoms with Gasteiger partial charge in [0.05, 0.1) is 25.6 Å². The van der Waals surface area contributed by atoms with Crippen molar-refractivity contribution in [1.29, 1.82) is 0 Å². The molecule has 2 rings (SSSR count). The van der Waals surface area contributed by atoms with Crippen LogP contribution in [0.4, 0.5) is 5.69 Å². The number of carbonyl (C=O) groups excluding carboxylic acids is 1. The highest BCUT2D eigenvalue weighted by atomic mass is 35.5. The molecule has 5 nitrogen and oxygen atoms in total. The van der Waals surface area contributed by atoms with Gasteiger partial charge in [0.1, 0.15) is 5.75 Å². The van der Waals surface area contributed by atoms with Gasteiger partial charge in [-0.05, 0) is 12.1 Å². The number of nitro groups is 1. The van der Waals surface area contributed by atoms with Gasteiger partial charge in [-0.2, -0.15) is 0 Å². The molecule has 0 aliphatic rings. The van der Waals surface area contributed by atoms with Crippen LogP contribution in [-0.2, 0) is 0 Å². The van der Waals surface area contributed by atoms with Crippen LogP contribution in [0.25, 0.3) is 0 Å². The number of benzene rings is 2. The Morgan fingerprint density at radius 3 is 2.24 bits per heavy atom. The van der Waals surface area contributed by atoms with Crippen LogP contribution in [0.3, 0.4) is 0 Å². The van der Waals surface area contributed by atoms with Crippen molar-refractivity contribution in [3.05, 3.63) is 61.1 Å². The van der Waals surface area contributed by atoms with E-state index >= 15 is 0 Å². The second-order valence-electron chi connectivity index (χ2n) is 3.87. The number of nitro benzene ring substituents is 1. The zero-order chi connectivity index (χ0) is 15.6. The van der Waals surface area contributed by atoms with Gasteiger partial charge >= 0.3 is 0 Å². The van der Waals surface area contributed by atoms with Gasteiger partial charge in [0.2, 0.25) is 0 Å². The Hall–Kier alpha value is -1.82.